The third-order valence-corrected chi connectivity index (χ3v) is 2.37. The van der Waals surface area contributed by atoms with Crippen LogP contribution in [0.1, 0.15) is 5.56 Å². The summed E-state index contributed by atoms with van der Waals surface area (Å²) in [6, 6.07) is 4.54. The summed E-state index contributed by atoms with van der Waals surface area (Å²) in [7, 11) is 3.54. The first-order chi connectivity index (χ1) is 8.95. The van der Waals surface area contributed by atoms with Crippen LogP contribution >= 0.6 is 0 Å². The van der Waals surface area contributed by atoms with Gasteiger partial charge in [0.25, 0.3) is 0 Å². The normalized spacial score (nSPS) is 10.3. The first kappa shape index (κ1) is 13.0. The maximum absolute atomic E-state index is 13.4. The Morgan fingerprint density at radius 2 is 1.95 bits per heavy atom. The average molecular weight is 263 g/mol. The van der Waals surface area contributed by atoms with Crippen molar-refractivity contribution in [3.05, 3.63) is 29.6 Å². The zero-order chi connectivity index (χ0) is 14.0. The molecule has 0 aliphatic carbocycles. The number of nitrogens with two attached hydrogens (primary N) is 1. The van der Waals surface area contributed by atoms with Crippen LogP contribution in [0.4, 0.5) is 16.3 Å². The molecule has 2 rings (SSSR count). The number of halogens is 1. The van der Waals surface area contributed by atoms with Crippen molar-refractivity contribution < 1.29 is 9.13 Å². The van der Waals surface area contributed by atoms with Gasteiger partial charge >= 0.3 is 6.01 Å². The highest BCUT2D eigenvalue weighted by Crippen LogP contribution is 2.22. The maximum Gasteiger partial charge on any atom is 0.328 e. The molecule has 0 bridgehead atoms. The summed E-state index contributed by atoms with van der Waals surface area (Å²) in [5, 5.41) is 0. The Bertz CT molecular complexity index is 603. The number of rotatable bonds is 3. The average Bonchev–Trinajstić information content (AvgIpc) is 2.33. The highest BCUT2D eigenvalue weighted by atomic mass is 19.1. The Morgan fingerprint density at radius 1 is 1.21 bits per heavy atom. The van der Waals surface area contributed by atoms with Gasteiger partial charge in [-0.25, -0.2) is 4.39 Å². The third-order valence-electron chi connectivity index (χ3n) is 2.37. The van der Waals surface area contributed by atoms with Gasteiger partial charge in [0.15, 0.2) is 0 Å². The number of ether oxygens (including phenoxy) is 1. The molecule has 0 amide bonds. The van der Waals surface area contributed by atoms with E-state index in [1.807, 2.05) is 0 Å². The van der Waals surface area contributed by atoms with Crippen LogP contribution in [0.25, 0.3) is 0 Å². The van der Waals surface area contributed by atoms with E-state index < -0.39 is 0 Å². The van der Waals surface area contributed by atoms with Crippen molar-refractivity contribution in [3.63, 3.8) is 0 Å². The van der Waals surface area contributed by atoms with Gasteiger partial charge in [-0.15, -0.1) is 0 Å². The molecule has 0 aliphatic heterocycles. The number of nitrogen functional groups attached to an aromatic ring is 1. The van der Waals surface area contributed by atoms with E-state index in [1.165, 1.54) is 6.07 Å². The van der Waals surface area contributed by atoms with E-state index in [-0.39, 0.29) is 17.8 Å². The molecule has 2 aromatic rings. The quantitative estimate of drug-likeness (QED) is 0.909. The van der Waals surface area contributed by atoms with Gasteiger partial charge in [-0.2, -0.15) is 15.0 Å². The predicted octanol–water partition coefficient (Wildman–Crippen LogP) is 1.76. The summed E-state index contributed by atoms with van der Waals surface area (Å²) in [5.74, 6) is 0.363. The van der Waals surface area contributed by atoms with Crippen molar-refractivity contribution in [1.29, 1.82) is 0 Å². The molecule has 19 heavy (non-hydrogen) atoms. The Labute approximate surface area is 110 Å². The van der Waals surface area contributed by atoms with Crippen molar-refractivity contribution in [2.75, 3.05) is 24.7 Å². The molecule has 0 aliphatic rings. The topological polar surface area (TPSA) is 77.2 Å². The summed E-state index contributed by atoms with van der Waals surface area (Å²) in [4.78, 5) is 13.5. The Morgan fingerprint density at radius 3 is 2.58 bits per heavy atom. The number of hydrogen-bond donors (Lipinski definition) is 1. The van der Waals surface area contributed by atoms with Crippen LogP contribution in [0, 0.1) is 12.7 Å². The molecule has 0 atom stereocenters. The smallest absolute Gasteiger partial charge is 0.328 e. The number of aromatic nitrogens is 3. The molecule has 1 aromatic carbocycles. The molecule has 0 radical (unpaired) electrons. The second-order valence-corrected chi connectivity index (χ2v) is 4.18. The van der Waals surface area contributed by atoms with Gasteiger partial charge in [0.2, 0.25) is 11.9 Å². The van der Waals surface area contributed by atoms with E-state index in [4.69, 9.17) is 10.5 Å². The molecular formula is C12H14FN5O. The minimum Gasteiger partial charge on any atom is -0.424 e. The number of anilines is 2. The fraction of sp³-hybridized carbons (Fsp3) is 0.250. The number of aryl methyl sites for hydroxylation is 1. The fourth-order valence-corrected chi connectivity index (χ4v) is 1.35. The molecule has 6 nitrogen and oxygen atoms in total. The van der Waals surface area contributed by atoms with Crippen molar-refractivity contribution in [2.24, 2.45) is 0 Å². The highest BCUT2D eigenvalue weighted by Gasteiger charge is 2.09. The number of benzene rings is 1. The summed E-state index contributed by atoms with van der Waals surface area (Å²) in [6.45, 7) is 1.67. The highest BCUT2D eigenvalue weighted by molar-refractivity contribution is 5.36. The van der Waals surface area contributed by atoms with Crippen LogP contribution in [0.2, 0.25) is 0 Å². The number of nitrogens with zero attached hydrogens (tertiary/aromatic N) is 4. The van der Waals surface area contributed by atoms with Gasteiger partial charge in [-0.3, -0.25) is 0 Å². The molecular weight excluding hydrogens is 249 g/mol. The van der Waals surface area contributed by atoms with Crippen LogP contribution in [0.3, 0.4) is 0 Å². The molecule has 0 unspecified atom stereocenters. The van der Waals surface area contributed by atoms with E-state index >= 15 is 0 Å². The van der Waals surface area contributed by atoms with E-state index in [1.54, 1.807) is 38.1 Å². The second kappa shape index (κ2) is 5.05. The van der Waals surface area contributed by atoms with Crippen molar-refractivity contribution in [2.45, 2.75) is 6.92 Å². The Balaban J connectivity index is 2.29. The lowest BCUT2D eigenvalue weighted by Gasteiger charge is -2.11. The third kappa shape index (κ3) is 3.06. The first-order valence-corrected chi connectivity index (χ1v) is 5.58. The van der Waals surface area contributed by atoms with Crippen molar-refractivity contribution in [3.8, 4) is 11.8 Å². The van der Waals surface area contributed by atoms with Gasteiger partial charge in [-0.1, -0.05) is 6.07 Å². The van der Waals surface area contributed by atoms with E-state index in [2.05, 4.69) is 15.0 Å². The summed E-state index contributed by atoms with van der Waals surface area (Å²) in [5.41, 5.74) is 6.10. The van der Waals surface area contributed by atoms with Gasteiger partial charge in [0.05, 0.1) is 0 Å². The van der Waals surface area contributed by atoms with E-state index in [9.17, 15) is 4.39 Å². The van der Waals surface area contributed by atoms with Gasteiger partial charge in [0.1, 0.15) is 11.6 Å². The summed E-state index contributed by atoms with van der Waals surface area (Å²) >= 11 is 0. The summed E-state index contributed by atoms with van der Waals surface area (Å²) in [6.07, 6.45) is 0. The lowest BCUT2D eigenvalue weighted by Crippen LogP contribution is -2.15. The molecule has 2 N–H and O–H groups in total. The van der Waals surface area contributed by atoms with E-state index in [0.29, 0.717) is 17.3 Å². The molecule has 0 spiro atoms. The van der Waals surface area contributed by atoms with E-state index in [0.717, 1.165) is 0 Å². The molecule has 0 saturated carbocycles. The Hall–Kier alpha value is -2.44. The van der Waals surface area contributed by atoms with Crippen molar-refractivity contribution >= 4 is 11.9 Å². The Kier molecular flexibility index (Phi) is 3.46. The molecule has 100 valence electrons. The monoisotopic (exact) mass is 263 g/mol. The van der Waals surface area contributed by atoms with Crippen molar-refractivity contribution in [1.82, 2.24) is 15.0 Å². The van der Waals surface area contributed by atoms with Gasteiger partial charge < -0.3 is 15.4 Å². The van der Waals surface area contributed by atoms with Gasteiger partial charge in [0, 0.05) is 20.2 Å². The maximum atomic E-state index is 13.4. The standard InChI is InChI=1S/C12H14FN5O/c1-7-4-5-8(6-9(7)13)19-12-16-10(14)15-11(17-12)18(2)3/h4-6H,1-3H3,(H2,14,15,16,17). The second-order valence-electron chi connectivity index (χ2n) is 4.18. The summed E-state index contributed by atoms with van der Waals surface area (Å²) < 4.78 is 18.8. The number of hydrogen-bond acceptors (Lipinski definition) is 6. The molecule has 1 heterocycles. The van der Waals surface area contributed by atoms with Crippen LogP contribution < -0.4 is 15.4 Å². The predicted molar refractivity (Wildman–Crippen MR) is 69.8 cm³/mol. The molecule has 1 aromatic heterocycles. The zero-order valence-electron chi connectivity index (χ0n) is 10.9. The van der Waals surface area contributed by atoms with Crippen LogP contribution in [-0.2, 0) is 0 Å². The minimum absolute atomic E-state index is 0.0273. The lowest BCUT2D eigenvalue weighted by atomic mass is 10.2. The molecule has 0 fully saturated rings. The minimum atomic E-state index is -0.354. The molecule has 0 saturated heterocycles. The zero-order valence-corrected chi connectivity index (χ0v) is 10.9. The lowest BCUT2D eigenvalue weighted by molar-refractivity contribution is 0.436. The van der Waals surface area contributed by atoms with Crippen LogP contribution in [0.15, 0.2) is 18.2 Å². The largest absolute Gasteiger partial charge is 0.424 e. The fourth-order valence-electron chi connectivity index (χ4n) is 1.35. The molecule has 7 heteroatoms. The van der Waals surface area contributed by atoms with Crippen LogP contribution in [-0.4, -0.2) is 29.0 Å². The van der Waals surface area contributed by atoms with Crippen LogP contribution in [0.5, 0.6) is 11.8 Å². The first-order valence-electron chi connectivity index (χ1n) is 5.58. The van der Waals surface area contributed by atoms with Gasteiger partial charge in [-0.05, 0) is 18.6 Å². The SMILES string of the molecule is Cc1ccc(Oc2nc(N)nc(N(C)C)n2)cc1F.